The topological polar surface area (TPSA) is 126 Å². The van der Waals surface area contributed by atoms with Gasteiger partial charge in [-0.15, -0.1) is 0 Å². The molecule has 3 N–H and O–H groups in total. The van der Waals surface area contributed by atoms with E-state index < -0.39 is 9.84 Å². The molecule has 0 spiro atoms. The summed E-state index contributed by atoms with van der Waals surface area (Å²) < 4.78 is 24.5. The van der Waals surface area contributed by atoms with Gasteiger partial charge in [0.05, 0.1) is 16.3 Å². The molecule has 10 heteroatoms. The summed E-state index contributed by atoms with van der Waals surface area (Å²) in [6.45, 7) is 5.72. The average Bonchev–Trinajstić information content (AvgIpc) is 3.10. The number of sulfone groups is 1. The zero-order valence-electron chi connectivity index (χ0n) is 17.7. The van der Waals surface area contributed by atoms with E-state index in [0.717, 1.165) is 11.5 Å². The van der Waals surface area contributed by atoms with Crippen molar-refractivity contribution in [3.8, 4) is 0 Å². The van der Waals surface area contributed by atoms with Crippen molar-refractivity contribution in [2.45, 2.75) is 32.1 Å². The van der Waals surface area contributed by atoms with Crippen molar-refractivity contribution in [2.24, 2.45) is 0 Å². The molecular weight excluding hydrogens is 414 g/mol. The van der Waals surface area contributed by atoms with Crippen LogP contribution in [0.25, 0.3) is 11.2 Å². The van der Waals surface area contributed by atoms with E-state index in [1.807, 2.05) is 26.8 Å². The Morgan fingerprint density at radius 3 is 2.39 bits per heavy atom. The first-order valence-corrected chi connectivity index (χ1v) is 11.7. The Morgan fingerprint density at radius 2 is 1.68 bits per heavy atom. The number of hydrogen-bond donors (Lipinski definition) is 3. The summed E-state index contributed by atoms with van der Waals surface area (Å²) in [6.07, 6.45) is 1.90. The second kappa shape index (κ2) is 7.95. The van der Waals surface area contributed by atoms with Gasteiger partial charge in [0.2, 0.25) is 0 Å². The lowest BCUT2D eigenvalue weighted by Gasteiger charge is -2.13. The third-order valence-corrected chi connectivity index (χ3v) is 5.77. The molecule has 31 heavy (non-hydrogen) atoms. The van der Waals surface area contributed by atoms with E-state index in [9.17, 15) is 8.42 Å². The molecule has 0 saturated carbocycles. The molecule has 0 fully saturated rings. The van der Waals surface area contributed by atoms with Crippen LogP contribution in [-0.4, -0.2) is 39.6 Å². The molecule has 0 aliphatic heterocycles. The molecule has 0 amide bonds. The molecule has 3 aromatic heterocycles. The highest BCUT2D eigenvalue weighted by Crippen LogP contribution is 2.31. The van der Waals surface area contributed by atoms with E-state index in [-0.39, 0.29) is 4.90 Å². The van der Waals surface area contributed by atoms with E-state index in [2.05, 4.69) is 35.6 Å². The van der Waals surface area contributed by atoms with Crippen LogP contribution in [0, 0.1) is 13.8 Å². The Kier molecular flexibility index (Phi) is 5.32. The predicted molar refractivity (Wildman–Crippen MR) is 121 cm³/mol. The number of para-hydroxylation sites is 1. The first kappa shape index (κ1) is 20.7. The number of H-pyrrole nitrogens is 1. The monoisotopic (exact) mass is 437 g/mol. The highest BCUT2D eigenvalue weighted by atomic mass is 32.2. The van der Waals surface area contributed by atoms with Gasteiger partial charge in [0.1, 0.15) is 28.8 Å². The lowest BCUT2D eigenvalue weighted by atomic mass is 10.2. The molecule has 0 aliphatic carbocycles. The Bertz CT molecular complexity index is 1360. The van der Waals surface area contributed by atoms with E-state index in [4.69, 9.17) is 0 Å². The number of rotatable bonds is 6. The molecule has 4 rings (SSSR count). The van der Waals surface area contributed by atoms with Gasteiger partial charge in [0.25, 0.3) is 0 Å². The molecular formula is C21H23N7O2S. The van der Waals surface area contributed by atoms with Crippen LogP contribution in [0.3, 0.4) is 0 Å². The fraction of sp³-hybridized carbons (Fsp3) is 0.238. The molecule has 0 unspecified atom stereocenters. The van der Waals surface area contributed by atoms with Gasteiger partial charge in [-0.2, -0.15) is 0 Å². The summed E-state index contributed by atoms with van der Waals surface area (Å²) in [5, 5.41) is 6.44. The van der Waals surface area contributed by atoms with Crippen LogP contribution in [0.2, 0.25) is 0 Å². The molecule has 0 bridgehead atoms. The number of nitrogens with one attached hydrogen (secondary N) is 3. The SMILES string of the molecule is CCc1nc2c(Nc3ccccc3S(C)(=O)=O)cc(Nc3cc(C)nc(C)n3)nc2[nH]1. The zero-order valence-corrected chi connectivity index (χ0v) is 18.5. The predicted octanol–water partition coefficient (Wildman–Crippen LogP) is 3.82. The van der Waals surface area contributed by atoms with Crippen molar-refractivity contribution in [1.29, 1.82) is 0 Å². The van der Waals surface area contributed by atoms with Crippen LogP contribution in [0.5, 0.6) is 0 Å². The molecule has 0 atom stereocenters. The minimum Gasteiger partial charge on any atom is -0.352 e. The maximum atomic E-state index is 12.2. The van der Waals surface area contributed by atoms with Crippen LogP contribution in [0.15, 0.2) is 41.3 Å². The Hall–Kier alpha value is -3.53. The molecule has 9 nitrogen and oxygen atoms in total. The van der Waals surface area contributed by atoms with Crippen LogP contribution in [0.1, 0.15) is 24.3 Å². The minimum atomic E-state index is -3.41. The molecule has 160 valence electrons. The molecule has 1 aromatic carbocycles. The molecule has 4 aromatic rings. The van der Waals surface area contributed by atoms with Gasteiger partial charge in [0.15, 0.2) is 15.5 Å². The number of nitrogens with zero attached hydrogens (tertiary/aromatic N) is 4. The number of pyridine rings is 1. The fourth-order valence-electron chi connectivity index (χ4n) is 3.32. The van der Waals surface area contributed by atoms with E-state index in [1.165, 1.54) is 6.26 Å². The van der Waals surface area contributed by atoms with Gasteiger partial charge >= 0.3 is 0 Å². The normalized spacial score (nSPS) is 11.6. The quantitative estimate of drug-likeness (QED) is 0.416. The van der Waals surface area contributed by atoms with Crippen molar-refractivity contribution in [2.75, 3.05) is 16.9 Å². The maximum absolute atomic E-state index is 12.2. The van der Waals surface area contributed by atoms with Crippen molar-refractivity contribution >= 4 is 44.0 Å². The standard InChI is InChI=1S/C21H23N7O2S/c1-5-17-26-20-15(24-14-8-6-7-9-16(14)31(4,29)30)11-19(28-21(20)27-17)25-18-10-12(2)22-13(3)23-18/h6-11H,5H2,1-4H3,(H3,22,23,24,25,26,27,28). The van der Waals surface area contributed by atoms with Gasteiger partial charge in [-0.25, -0.2) is 28.4 Å². The Morgan fingerprint density at radius 1 is 0.935 bits per heavy atom. The highest BCUT2D eigenvalue weighted by molar-refractivity contribution is 7.90. The lowest BCUT2D eigenvalue weighted by Crippen LogP contribution is -2.04. The molecule has 3 heterocycles. The fourth-order valence-corrected chi connectivity index (χ4v) is 4.16. The number of aryl methyl sites for hydroxylation is 3. The van der Waals surface area contributed by atoms with Crippen LogP contribution >= 0.6 is 0 Å². The zero-order chi connectivity index (χ0) is 22.2. The van der Waals surface area contributed by atoms with Crippen LogP contribution < -0.4 is 10.6 Å². The van der Waals surface area contributed by atoms with Gasteiger partial charge in [-0.1, -0.05) is 19.1 Å². The van der Waals surface area contributed by atoms with Crippen molar-refractivity contribution in [3.63, 3.8) is 0 Å². The summed E-state index contributed by atoms with van der Waals surface area (Å²) in [5.74, 6) is 2.59. The Labute approximate surface area is 180 Å². The van der Waals surface area contributed by atoms with E-state index in [0.29, 0.717) is 46.4 Å². The summed E-state index contributed by atoms with van der Waals surface area (Å²) in [7, 11) is -3.41. The number of imidazole rings is 1. The molecule has 0 saturated heterocycles. The number of aromatic nitrogens is 5. The highest BCUT2D eigenvalue weighted by Gasteiger charge is 2.16. The van der Waals surface area contributed by atoms with Gasteiger partial charge < -0.3 is 15.6 Å². The van der Waals surface area contributed by atoms with Crippen molar-refractivity contribution < 1.29 is 8.42 Å². The van der Waals surface area contributed by atoms with E-state index in [1.54, 1.807) is 30.3 Å². The van der Waals surface area contributed by atoms with E-state index >= 15 is 0 Å². The third-order valence-electron chi connectivity index (χ3n) is 4.62. The largest absolute Gasteiger partial charge is 0.352 e. The lowest BCUT2D eigenvalue weighted by molar-refractivity contribution is 0.602. The summed E-state index contributed by atoms with van der Waals surface area (Å²) in [6, 6.07) is 10.4. The van der Waals surface area contributed by atoms with Gasteiger partial charge in [0, 0.05) is 30.5 Å². The van der Waals surface area contributed by atoms with Crippen LogP contribution in [0.4, 0.5) is 23.0 Å². The second-order valence-electron chi connectivity index (χ2n) is 7.25. The summed E-state index contributed by atoms with van der Waals surface area (Å²) >= 11 is 0. The summed E-state index contributed by atoms with van der Waals surface area (Å²) in [5.41, 5.74) is 3.15. The number of aromatic amines is 1. The Balaban J connectivity index is 1.82. The number of fused-ring (bicyclic) bond motifs is 1. The molecule has 0 radical (unpaired) electrons. The van der Waals surface area contributed by atoms with Crippen molar-refractivity contribution in [3.05, 3.63) is 53.7 Å². The number of benzene rings is 1. The van der Waals surface area contributed by atoms with Gasteiger partial charge in [-0.3, -0.25) is 0 Å². The number of hydrogen-bond acceptors (Lipinski definition) is 8. The third kappa shape index (κ3) is 4.48. The van der Waals surface area contributed by atoms with Crippen molar-refractivity contribution in [1.82, 2.24) is 24.9 Å². The number of anilines is 4. The maximum Gasteiger partial charge on any atom is 0.177 e. The molecule has 0 aliphatic rings. The first-order valence-electron chi connectivity index (χ1n) is 9.78. The smallest absolute Gasteiger partial charge is 0.177 e. The summed E-state index contributed by atoms with van der Waals surface area (Å²) in [4.78, 5) is 21.4. The first-order chi connectivity index (χ1) is 14.7. The van der Waals surface area contributed by atoms with Gasteiger partial charge in [-0.05, 0) is 26.0 Å². The average molecular weight is 438 g/mol. The minimum absolute atomic E-state index is 0.211. The second-order valence-corrected chi connectivity index (χ2v) is 9.23. The van der Waals surface area contributed by atoms with Crippen LogP contribution in [-0.2, 0) is 16.3 Å².